The van der Waals surface area contributed by atoms with E-state index in [2.05, 4.69) is 39.8 Å². The molecule has 2 aromatic rings. The van der Waals surface area contributed by atoms with Crippen molar-refractivity contribution >= 4 is 18.9 Å². The number of hydrogen-bond donors (Lipinski definition) is 3. The lowest BCUT2D eigenvalue weighted by Crippen LogP contribution is -2.57. The number of benzene rings is 1. The summed E-state index contributed by atoms with van der Waals surface area (Å²) in [5.41, 5.74) is 1.09. The summed E-state index contributed by atoms with van der Waals surface area (Å²) >= 11 is 0. The third-order valence-corrected chi connectivity index (χ3v) is 5.20. The van der Waals surface area contributed by atoms with Crippen molar-refractivity contribution in [1.82, 2.24) is 25.9 Å². The normalized spacial score (nSPS) is 16.4. The molecule has 1 fully saturated rings. The highest BCUT2D eigenvalue weighted by Crippen LogP contribution is 2.12. The van der Waals surface area contributed by atoms with Gasteiger partial charge in [-0.2, -0.15) is 0 Å². The van der Waals surface area contributed by atoms with Crippen LogP contribution < -0.4 is 16.0 Å². The van der Waals surface area contributed by atoms with Gasteiger partial charge in [0, 0.05) is 45.1 Å². The molecule has 1 saturated heterocycles. The largest absolute Gasteiger partial charge is 0.480 e. The molecule has 0 radical (unpaired) electrons. The lowest BCUT2D eigenvalue weighted by atomic mass is 9.73. The lowest BCUT2D eigenvalue weighted by molar-refractivity contribution is -0.123. The Hall–Kier alpha value is -2.82. The van der Waals surface area contributed by atoms with E-state index in [1.165, 1.54) is 18.6 Å². The molecule has 176 valence electrons. The van der Waals surface area contributed by atoms with Crippen molar-refractivity contribution in [3.05, 3.63) is 60.2 Å². The van der Waals surface area contributed by atoms with Crippen molar-refractivity contribution in [2.75, 3.05) is 26.3 Å². The molecule has 1 aromatic carbocycles. The van der Waals surface area contributed by atoms with Gasteiger partial charge in [-0.05, 0) is 17.9 Å². The molecule has 0 spiro atoms. The van der Waals surface area contributed by atoms with Crippen LogP contribution in [0.15, 0.2) is 48.9 Å². The molecule has 2 atom stereocenters. The first-order valence-corrected chi connectivity index (χ1v) is 11.4. The van der Waals surface area contributed by atoms with Crippen molar-refractivity contribution in [2.24, 2.45) is 5.92 Å². The van der Waals surface area contributed by atoms with Crippen LogP contribution in [0.3, 0.4) is 0 Å². The van der Waals surface area contributed by atoms with Gasteiger partial charge in [0.2, 0.25) is 5.91 Å². The van der Waals surface area contributed by atoms with Gasteiger partial charge in [0.25, 0.3) is 5.91 Å². The SMILES string of the molecule is CC(C)CC(NC(=O)C(Cc1ccccc1)NC(=O)c1cnccn1)B1OCCNCCO1. The van der Waals surface area contributed by atoms with Gasteiger partial charge in [0.05, 0.1) is 12.1 Å². The Bertz CT molecular complexity index is 864. The van der Waals surface area contributed by atoms with Crippen LogP contribution in [0.25, 0.3) is 0 Å². The van der Waals surface area contributed by atoms with Gasteiger partial charge in [-0.3, -0.25) is 14.6 Å². The monoisotopic (exact) mass is 453 g/mol. The van der Waals surface area contributed by atoms with Crippen molar-refractivity contribution in [2.45, 2.75) is 38.7 Å². The van der Waals surface area contributed by atoms with E-state index >= 15 is 0 Å². The second-order valence-electron chi connectivity index (χ2n) is 8.41. The number of carbonyl (C=O) groups is 2. The van der Waals surface area contributed by atoms with Gasteiger partial charge < -0.3 is 25.3 Å². The molecule has 3 N–H and O–H groups in total. The van der Waals surface area contributed by atoms with E-state index in [1.807, 2.05) is 30.3 Å². The molecule has 0 saturated carbocycles. The van der Waals surface area contributed by atoms with Crippen LogP contribution in [0.1, 0.15) is 36.3 Å². The Morgan fingerprint density at radius 3 is 2.45 bits per heavy atom. The van der Waals surface area contributed by atoms with E-state index in [9.17, 15) is 9.59 Å². The minimum atomic E-state index is -0.799. The first kappa shape index (κ1) is 24.8. The molecular formula is C23H32BN5O4. The first-order valence-electron chi connectivity index (χ1n) is 11.4. The summed E-state index contributed by atoms with van der Waals surface area (Å²) in [6.07, 6.45) is 5.33. The summed E-state index contributed by atoms with van der Waals surface area (Å²) in [4.78, 5) is 34.1. The zero-order valence-electron chi connectivity index (χ0n) is 19.2. The fourth-order valence-electron chi connectivity index (χ4n) is 3.64. The summed E-state index contributed by atoms with van der Waals surface area (Å²) in [6.45, 7) is 6.61. The standard InChI is InChI=1S/C23H32BN5O4/c1-17(2)14-21(24-32-12-10-25-11-13-33-24)29-22(30)19(15-18-6-4-3-5-7-18)28-23(31)20-16-26-8-9-27-20/h3-9,16-17,19,21,25H,10-15H2,1-2H3,(H,28,31)(H,29,30). The second kappa shape index (κ2) is 13.0. The molecule has 9 nitrogen and oxygen atoms in total. The molecule has 1 aliphatic heterocycles. The van der Waals surface area contributed by atoms with E-state index in [1.54, 1.807) is 0 Å². The molecule has 1 aromatic heterocycles. The van der Waals surface area contributed by atoms with Gasteiger partial charge in [0.1, 0.15) is 11.7 Å². The highest BCUT2D eigenvalue weighted by molar-refractivity contribution is 6.47. The Kier molecular flexibility index (Phi) is 9.80. The highest BCUT2D eigenvalue weighted by atomic mass is 16.6. The van der Waals surface area contributed by atoms with Crippen molar-refractivity contribution in [3.63, 3.8) is 0 Å². The van der Waals surface area contributed by atoms with Crippen LogP contribution in [-0.4, -0.2) is 67.2 Å². The maximum atomic E-state index is 13.4. The molecule has 0 bridgehead atoms. The fourth-order valence-corrected chi connectivity index (χ4v) is 3.64. The molecule has 10 heteroatoms. The number of rotatable bonds is 9. The number of nitrogens with one attached hydrogen (secondary N) is 3. The minimum absolute atomic E-state index is 0.154. The Balaban J connectivity index is 1.76. The zero-order chi connectivity index (χ0) is 23.5. The van der Waals surface area contributed by atoms with Gasteiger partial charge in [-0.15, -0.1) is 0 Å². The molecule has 2 unspecified atom stereocenters. The van der Waals surface area contributed by atoms with E-state index in [0.717, 1.165) is 18.7 Å². The van der Waals surface area contributed by atoms with Gasteiger partial charge >= 0.3 is 7.12 Å². The molecule has 2 heterocycles. The van der Waals surface area contributed by atoms with E-state index < -0.39 is 19.1 Å². The number of amides is 2. The molecular weight excluding hydrogens is 421 g/mol. The maximum Gasteiger partial charge on any atom is 0.480 e. The van der Waals surface area contributed by atoms with E-state index in [-0.39, 0.29) is 17.5 Å². The molecule has 1 aliphatic rings. The molecule has 0 aliphatic carbocycles. The van der Waals surface area contributed by atoms with Crippen LogP contribution >= 0.6 is 0 Å². The number of carbonyl (C=O) groups excluding carboxylic acids is 2. The van der Waals surface area contributed by atoms with Crippen LogP contribution in [0.4, 0.5) is 0 Å². The second-order valence-corrected chi connectivity index (χ2v) is 8.41. The van der Waals surface area contributed by atoms with Gasteiger partial charge in [-0.1, -0.05) is 44.2 Å². The van der Waals surface area contributed by atoms with Crippen molar-refractivity contribution < 1.29 is 18.9 Å². The Morgan fingerprint density at radius 1 is 1.09 bits per heavy atom. The van der Waals surface area contributed by atoms with E-state index in [4.69, 9.17) is 9.31 Å². The summed E-state index contributed by atoms with van der Waals surface area (Å²) in [5, 5.41) is 9.12. The smallest absolute Gasteiger partial charge is 0.408 e. The number of aromatic nitrogens is 2. The lowest BCUT2D eigenvalue weighted by Gasteiger charge is -2.29. The third-order valence-electron chi connectivity index (χ3n) is 5.20. The highest BCUT2D eigenvalue weighted by Gasteiger charge is 2.35. The van der Waals surface area contributed by atoms with Gasteiger partial charge in [-0.25, -0.2) is 4.98 Å². The maximum absolute atomic E-state index is 13.4. The number of nitrogens with zero attached hydrogens (tertiary/aromatic N) is 2. The van der Waals surface area contributed by atoms with E-state index in [0.29, 0.717) is 32.0 Å². The third kappa shape index (κ3) is 8.23. The predicted molar refractivity (Wildman–Crippen MR) is 125 cm³/mol. The zero-order valence-corrected chi connectivity index (χ0v) is 19.2. The average Bonchev–Trinajstić information content (AvgIpc) is 2.79. The van der Waals surface area contributed by atoms with Crippen LogP contribution in [0, 0.1) is 5.92 Å². The number of hydrogen-bond acceptors (Lipinski definition) is 7. The Morgan fingerprint density at radius 2 is 1.82 bits per heavy atom. The molecule has 2 amide bonds. The van der Waals surface area contributed by atoms with Gasteiger partial charge in [0.15, 0.2) is 0 Å². The molecule has 33 heavy (non-hydrogen) atoms. The topological polar surface area (TPSA) is 114 Å². The quantitative estimate of drug-likeness (QED) is 0.486. The first-order chi connectivity index (χ1) is 16.0. The average molecular weight is 453 g/mol. The summed E-state index contributed by atoms with van der Waals surface area (Å²) in [5.74, 6) is -0.784. The van der Waals surface area contributed by atoms with Crippen LogP contribution in [0.5, 0.6) is 0 Å². The minimum Gasteiger partial charge on any atom is -0.408 e. The Labute approximate surface area is 195 Å². The van der Waals surface area contributed by atoms with Crippen LogP contribution in [-0.2, 0) is 20.5 Å². The fraction of sp³-hybridized carbons (Fsp3) is 0.478. The van der Waals surface area contributed by atoms with Crippen molar-refractivity contribution in [1.29, 1.82) is 0 Å². The van der Waals surface area contributed by atoms with Crippen LogP contribution in [0.2, 0.25) is 0 Å². The van der Waals surface area contributed by atoms with Crippen molar-refractivity contribution in [3.8, 4) is 0 Å². The summed E-state index contributed by atoms with van der Waals surface area (Å²) in [7, 11) is -0.550. The summed E-state index contributed by atoms with van der Waals surface area (Å²) in [6, 6.07) is 8.77. The summed E-state index contributed by atoms with van der Waals surface area (Å²) < 4.78 is 11.8. The molecule has 3 rings (SSSR count). The predicted octanol–water partition coefficient (Wildman–Crippen LogP) is 1.01.